The molecule has 5 rings (SSSR count). The number of piperidine rings is 1. The van der Waals surface area contributed by atoms with E-state index < -0.39 is 23.4 Å². The number of nitrogens with zero attached hydrogens (tertiary/aromatic N) is 1. The molecule has 1 aromatic heterocycles. The van der Waals surface area contributed by atoms with Gasteiger partial charge in [-0.1, -0.05) is 23.7 Å². The van der Waals surface area contributed by atoms with Crippen molar-refractivity contribution in [3.8, 4) is 22.3 Å². The van der Waals surface area contributed by atoms with Crippen LogP contribution in [0.3, 0.4) is 0 Å². The molecule has 1 fully saturated rings. The Bertz CT molecular complexity index is 1630. The van der Waals surface area contributed by atoms with E-state index in [9.17, 15) is 18.4 Å². The molecule has 1 aliphatic rings. The van der Waals surface area contributed by atoms with E-state index in [1.165, 1.54) is 11.0 Å². The Morgan fingerprint density at radius 1 is 0.976 bits per heavy atom. The molecule has 6 nitrogen and oxygen atoms in total. The summed E-state index contributed by atoms with van der Waals surface area (Å²) in [4.78, 5) is 26.5. The number of rotatable bonds is 5. The molecule has 4 aromatic rings. The number of hydrogen-bond donors (Lipinski definition) is 1. The number of benzene rings is 3. The highest BCUT2D eigenvalue weighted by atomic mass is 35.5. The van der Waals surface area contributed by atoms with Crippen molar-refractivity contribution < 1.29 is 31.9 Å². The number of nitrogens with one attached hydrogen (secondary N) is 1. The van der Waals surface area contributed by atoms with E-state index in [-0.39, 0.29) is 49.0 Å². The SMILES string of the molecule is CC(C)(C)OC(=O)NCc1cc2cc(-c3ccc(C(=O)N4CCC(F)(F)CC4)cc3)cc(-c3ccc(Cl)cc3F)c2o1. The first kappa shape index (κ1) is 29.5. The number of ether oxygens (including phenoxy) is 1. The maximum atomic E-state index is 15.1. The lowest BCUT2D eigenvalue weighted by molar-refractivity contribution is -0.0494. The molecule has 0 bridgehead atoms. The van der Waals surface area contributed by atoms with Crippen LogP contribution >= 0.6 is 11.6 Å². The van der Waals surface area contributed by atoms with Gasteiger partial charge in [0.2, 0.25) is 0 Å². The number of amides is 2. The van der Waals surface area contributed by atoms with Crippen molar-refractivity contribution in [1.82, 2.24) is 10.2 Å². The van der Waals surface area contributed by atoms with Gasteiger partial charge in [0.15, 0.2) is 0 Å². The fourth-order valence-corrected chi connectivity index (χ4v) is 5.03. The van der Waals surface area contributed by atoms with Gasteiger partial charge in [0.25, 0.3) is 11.8 Å². The largest absolute Gasteiger partial charge is 0.459 e. The molecule has 0 atom stereocenters. The van der Waals surface area contributed by atoms with Crippen molar-refractivity contribution in [2.24, 2.45) is 0 Å². The molecule has 0 unspecified atom stereocenters. The highest BCUT2D eigenvalue weighted by molar-refractivity contribution is 6.30. The van der Waals surface area contributed by atoms with E-state index in [4.69, 9.17) is 20.8 Å². The first-order chi connectivity index (χ1) is 19.8. The minimum absolute atomic E-state index is 0.00583. The number of carbonyl (C=O) groups excluding carboxylic acids is 2. The topological polar surface area (TPSA) is 71.8 Å². The lowest BCUT2D eigenvalue weighted by Gasteiger charge is -2.31. The van der Waals surface area contributed by atoms with E-state index in [1.54, 1.807) is 69.3 Å². The van der Waals surface area contributed by atoms with Crippen molar-refractivity contribution in [1.29, 1.82) is 0 Å². The van der Waals surface area contributed by atoms with Gasteiger partial charge in [0.05, 0.1) is 6.54 Å². The fraction of sp³-hybridized carbons (Fsp3) is 0.312. The summed E-state index contributed by atoms with van der Waals surface area (Å²) in [5.74, 6) is -3.12. The minimum atomic E-state index is -2.74. The molecule has 0 spiro atoms. The minimum Gasteiger partial charge on any atom is -0.459 e. The van der Waals surface area contributed by atoms with Crippen LogP contribution in [0.25, 0.3) is 33.2 Å². The smallest absolute Gasteiger partial charge is 0.408 e. The standard InChI is InChI=1S/C32H30ClF3N2O4/c1-31(2,3)42-30(40)37-18-24-15-22-14-21(16-26(28(22)41-24)25-9-8-23(33)17-27(25)34)19-4-6-20(7-5-19)29(39)38-12-10-32(35,36)11-13-38/h4-9,14-17H,10-13,18H2,1-3H3,(H,37,40). The number of carbonyl (C=O) groups is 2. The first-order valence-electron chi connectivity index (χ1n) is 13.5. The number of halogens is 4. The first-order valence-corrected chi connectivity index (χ1v) is 13.9. The summed E-state index contributed by atoms with van der Waals surface area (Å²) in [6.07, 6.45) is -1.29. The monoisotopic (exact) mass is 598 g/mol. The third-order valence-corrected chi connectivity index (χ3v) is 7.18. The Labute approximate surface area is 246 Å². The predicted octanol–water partition coefficient (Wildman–Crippen LogP) is 8.46. The number of fused-ring (bicyclic) bond motifs is 1. The van der Waals surface area contributed by atoms with Gasteiger partial charge in [0.1, 0.15) is 22.8 Å². The summed E-state index contributed by atoms with van der Waals surface area (Å²) in [7, 11) is 0. The van der Waals surface area contributed by atoms with Gasteiger partial charge in [-0.05, 0) is 80.4 Å². The van der Waals surface area contributed by atoms with Crippen LogP contribution in [-0.4, -0.2) is 41.5 Å². The fourth-order valence-electron chi connectivity index (χ4n) is 4.87. The Morgan fingerprint density at radius 3 is 2.31 bits per heavy atom. The van der Waals surface area contributed by atoms with Crippen LogP contribution in [0, 0.1) is 5.82 Å². The van der Waals surface area contributed by atoms with Crippen molar-refractivity contribution in [2.75, 3.05) is 13.1 Å². The number of furan rings is 1. The summed E-state index contributed by atoms with van der Waals surface area (Å²) in [6, 6.07) is 16.6. The molecule has 0 saturated carbocycles. The maximum Gasteiger partial charge on any atom is 0.408 e. The van der Waals surface area contributed by atoms with E-state index in [0.717, 1.165) is 11.1 Å². The second kappa shape index (κ2) is 11.4. The van der Waals surface area contributed by atoms with E-state index in [1.807, 2.05) is 6.07 Å². The third kappa shape index (κ3) is 6.73. The molecule has 42 heavy (non-hydrogen) atoms. The molecule has 2 heterocycles. The molecule has 0 aliphatic carbocycles. The van der Waals surface area contributed by atoms with Gasteiger partial charge < -0.3 is 19.4 Å². The van der Waals surface area contributed by atoms with E-state index >= 15 is 4.39 Å². The zero-order valence-corrected chi connectivity index (χ0v) is 24.2. The van der Waals surface area contributed by atoms with Crippen LogP contribution in [0.2, 0.25) is 5.02 Å². The maximum absolute atomic E-state index is 15.1. The van der Waals surface area contributed by atoms with Crippen LogP contribution in [-0.2, 0) is 11.3 Å². The number of alkyl halides is 2. The van der Waals surface area contributed by atoms with Crippen LogP contribution in [0.5, 0.6) is 0 Å². The zero-order valence-electron chi connectivity index (χ0n) is 23.4. The molecule has 1 saturated heterocycles. The molecule has 0 radical (unpaired) electrons. The zero-order chi connectivity index (χ0) is 30.2. The molecule has 10 heteroatoms. The average Bonchev–Trinajstić information content (AvgIpc) is 3.34. The van der Waals surface area contributed by atoms with Gasteiger partial charge in [-0.25, -0.2) is 18.0 Å². The summed E-state index contributed by atoms with van der Waals surface area (Å²) in [5, 5.41) is 3.59. The number of hydrogen-bond acceptors (Lipinski definition) is 4. The molecule has 3 aromatic carbocycles. The van der Waals surface area contributed by atoms with E-state index in [2.05, 4.69) is 5.32 Å². The Hall–Kier alpha value is -3.98. The second-order valence-electron chi connectivity index (χ2n) is 11.4. The van der Waals surface area contributed by atoms with Crippen molar-refractivity contribution in [3.05, 3.63) is 82.8 Å². The molecule has 2 amide bonds. The molecular weight excluding hydrogens is 569 g/mol. The molecule has 1 aliphatic heterocycles. The quantitative estimate of drug-likeness (QED) is 0.250. The summed E-state index contributed by atoms with van der Waals surface area (Å²) in [5.41, 5.74) is 2.41. The summed E-state index contributed by atoms with van der Waals surface area (Å²) >= 11 is 6.00. The van der Waals surface area contributed by atoms with Crippen molar-refractivity contribution in [2.45, 2.75) is 51.7 Å². The van der Waals surface area contributed by atoms with Gasteiger partial charge in [-0.2, -0.15) is 0 Å². The van der Waals surface area contributed by atoms with Gasteiger partial charge in [-0.15, -0.1) is 0 Å². The molecular formula is C32H30ClF3N2O4. The highest BCUT2D eigenvalue weighted by Crippen LogP contribution is 2.38. The van der Waals surface area contributed by atoms with Crippen LogP contribution in [0.1, 0.15) is 49.7 Å². The van der Waals surface area contributed by atoms with Crippen LogP contribution in [0.4, 0.5) is 18.0 Å². The number of alkyl carbamates (subject to hydrolysis) is 1. The summed E-state index contributed by atoms with van der Waals surface area (Å²) < 4.78 is 53.5. The second-order valence-corrected chi connectivity index (χ2v) is 11.8. The normalized spacial score (nSPS) is 15.1. The Morgan fingerprint density at radius 2 is 1.67 bits per heavy atom. The highest BCUT2D eigenvalue weighted by Gasteiger charge is 2.35. The van der Waals surface area contributed by atoms with Crippen LogP contribution < -0.4 is 5.32 Å². The van der Waals surface area contributed by atoms with E-state index in [0.29, 0.717) is 27.9 Å². The van der Waals surface area contributed by atoms with Gasteiger partial charge in [0, 0.05) is 53.0 Å². The third-order valence-electron chi connectivity index (χ3n) is 6.94. The Balaban J connectivity index is 1.46. The summed E-state index contributed by atoms with van der Waals surface area (Å²) in [6.45, 7) is 5.36. The predicted molar refractivity (Wildman–Crippen MR) is 155 cm³/mol. The Kier molecular flexibility index (Phi) is 7.98. The molecule has 220 valence electrons. The van der Waals surface area contributed by atoms with Gasteiger partial charge >= 0.3 is 6.09 Å². The van der Waals surface area contributed by atoms with Crippen molar-refractivity contribution >= 4 is 34.6 Å². The lowest BCUT2D eigenvalue weighted by Crippen LogP contribution is -2.42. The van der Waals surface area contributed by atoms with Crippen LogP contribution in [0.15, 0.2) is 65.1 Å². The van der Waals surface area contributed by atoms with Crippen molar-refractivity contribution in [3.63, 3.8) is 0 Å². The number of likely N-dealkylation sites (tertiary alicyclic amines) is 1. The lowest BCUT2D eigenvalue weighted by atomic mass is 9.95. The average molecular weight is 599 g/mol. The van der Waals surface area contributed by atoms with Gasteiger partial charge in [-0.3, -0.25) is 4.79 Å². The molecule has 1 N–H and O–H groups in total.